The van der Waals surface area contributed by atoms with Gasteiger partial charge in [0.15, 0.2) is 9.84 Å². The van der Waals surface area contributed by atoms with E-state index in [2.05, 4.69) is 0 Å². The fraction of sp³-hybridized carbons (Fsp3) is 0.143. The molecule has 0 aliphatic heterocycles. The predicted molar refractivity (Wildman–Crippen MR) is 79.7 cm³/mol. The Bertz CT molecular complexity index is 712. The zero-order valence-corrected chi connectivity index (χ0v) is 12.4. The third-order valence-electron chi connectivity index (χ3n) is 2.72. The maximum atomic E-state index is 11.3. The van der Waals surface area contributed by atoms with E-state index in [-0.39, 0.29) is 4.90 Å². The smallest absolute Gasteiger partial charge is 0.175 e. The second-order valence-corrected chi connectivity index (χ2v) is 6.81. The molecule has 0 radical (unpaired) electrons. The SMILES string of the molecule is CS(=O)(=O)c1ccc(OCc2ccc(Cl)c(N)c2)cc1. The van der Waals surface area contributed by atoms with E-state index < -0.39 is 9.84 Å². The number of hydrogen-bond donors (Lipinski definition) is 1. The van der Waals surface area contributed by atoms with Crippen molar-refractivity contribution in [3.8, 4) is 5.75 Å². The van der Waals surface area contributed by atoms with Crippen LogP contribution in [0.25, 0.3) is 0 Å². The van der Waals surface area contributed by atoms with Gasteiger partial charge < -0.3 is 10.5 Å². The summed E-state index contributed by atoms with van der Waals surface area (Å²) in [5, 5.41) is 0.506. The van der Waals surface area contributed by atoms with Crippen molar-refractivity contribution >= 4 is 27.1 Å². The second-order valence-electron chi connectivity index (χ2n) is 4.39. The number of ether oxygens (including phenoxy) is 1. The number of nitrogens with two attached hydrogens (primary N) is 1. The molecule has 4 nitrogen and oxygen atoms in total. The Balaban J connectivity index is 2.06. The van der Waals surface area contributed by atoms with Crippen molar-refractivity contribution in [2.24, 2.45) is 0 Å². The van der Waals surface area contributed by atoms with Crippen LogP contribution in [-0.2, 0) is 16.4 Å². The lowest BCUT2D eigenvalue weighted by molar-refractivity contribution is 0.306. The van der Waals surface area contributed by atoms with Crippen molar-refractivity contribution in [2.75, 3.05) is 12.0 Å². The van der Waals surface area contributed by atoms with E-state index in [1.807, 2.05) is 6.07 Å². The molecule has 20 heavy (non-hydrogen) atoms. The molecule has 6 heteroatoms. The summed E-state index contributed by atoms with van der Waals surface area (Å²) in [6.45, 7) is 0.333. The molecule has 0 unspecified atom stereocenters. The first kappa shape index (κ1) is 14.7. The number of sulfone groups is 1. The van der Waals surface area contributed by atoms with Crippen molar-refractivity contribution in [3.63, 3.8) is 0 Å². The van der Waals surface area contributed by atoms with Crippen LogP contribution in [0.1, 0.15) is 5.56 Å². The highest BCUT2D eigenvalue weighted by molar-refractivity contribution is 7.90. The summed E-state index contributed by atoms with van der Waals surface area (Å²) in [4.78, 5) is 0.264. The summed E-state index contributed by atoms with van der Waals surface area (Å²) in [5.74, 6) is 0.589. The quantitative estimate of drug-likeness (QED) is 0.881. The van der Waals surface area contributed by atoms with Gasteiger partial charge in [-0.25, -0.2) is 8.42 Å². The minimum Gasteiger partial charge on any atom is -0.489 e. The van der Waals surface area contributed by atoms with Crippen LogP contribution in [0.4, 0.5) is 5.69 Å². The first-order valence-corrected chi connectivity index (χ1v) is 8.10. The van der Waals surface area contributed by atoms with Crippen molar-refractivity contribution in [1.29, 1.82) is 0 Å². The van der Waals surface area contributed by atoms with E-state index in [1.165, 1.54) is 18.4 Å². The summed E-state index contributed by atoms with van der Waals surface area (Å²) in [6.07, 6.45) is 1.17. The monoisotopic (exact) mass is 311 g/mol. The Morgan fingerprint density at radius 2 is 1.80 bits per heavy atom. The van der Waals surface area contributed by atoms with Gasteiger partial charge in [0.25, 0.3) is 0 Å². The van der Waals surface area contributed by atoms with Crippen LogP contribution < -0.4 is 10.5 Å². The number of rotatable bonds is 4. The lowest BCUT2D eigenvalue weighted by Crippen LogP contribution is -1.99. The van der Waals surface area contributed by atoms with Crippen molar-refractivity contribution < 1.29 is 13.2 Å². The van der Waals surface area contributed by atoms with E-state index in [0.717, 1.165) is 5.56 Å². The largest absolute Gasteiger partial charge is 0.489 e. The summed E-state index contributed by atoms with van der Waals surface area (Å²) in [6, 6.07) is 11.5. The Labute approximate surface area is 123 Å². The van der Waals surface area contributed by atoms with Gasteiger partial charge in [0.2, 0.25) is 0 Å². The first-order valence-electron chi connectivity index (χ1n) is 5.83. The van der Waals surface area contributed by atoms with Crippen LogP contribution in [0, 0.1) is 0 Å². The van der Waals surface area contributed by atoms with E-state index in [1.54, 1.807) is 24.3 Å². The molecule has 106 valence electrons. The molecule has 0 saturated heterocycles. The van der Waals surface area contributed by atoms with Crippen molar-refractivity contribution in [1.82, 2.24) is 0 Å². The normalized spacial score (nSPS) is 11.3. The van der Waals surface area contributed by atoms with Crippen LogP contribution in [0.5, 0.6) is 5.75 Å². The van der Waals surface area contributed by atoms with Gasteiger partial charge in [-0.15, -0.1) is 0 Å². The van der Waals surface area contributed by atoms with E-state index in [4.69, 9.17) is 22.1 Å². The highest BCUT2D eigenvalue weighted by atomic mass is 35.5. The molecular weight excluding hydrogens is 298 g/mol. The van der Waals surface area contributed by atoms with Crippen molar-refractivity contribution in [2.45, 2.75) is 11.5 Å². The third kappa shape index (κ3) is 3.65. The number of halogens is 1. The zero-order valence-electron chi connectivity index (χ0n) is 10.8. The molecule has 2 aromatic carbocycles. The lowest BCUT2D eigenvalue weighted by Gasteiger charge is -2.08. The Hall–Kier alpha value is -1.72. The van der Waals surface area contributed by atoms with Gasteiger partial charge in [0.05, 0.1) is 15.6 Å². The summed E-state index contributed by atoms with van der Waals surface area (Å²) in [7, 11) is -3.18. The number of benzene rings is 2. The van der Waals surface area contributed by atoms with Crippen LogP contribution in [0.3, 0.4) is 0 Å². The molecular formula is C14H14ClNO3S. The van der Waals surface area contributed by atoms with Gasteiger partial charge >= 0.3 is 0 Å². The molecule has 0 spiro atoms. The Morgan fingerprint density at radius 3 is 2.35 bits per heavy atom. The lowest BCUT2D eigenvalue weighted by atomic mass is 10.2. The van der Waals surface area contributed by atoms with Crippen LogP contribution in [0.15, 0.2) is 47.4 Å². The van der Waals surface area contributed by atoms with Gasteiger partial charge in [-0.2, -0.15) is 0 Å². The molecule has 0 aliphatic carbocycles. The van der Waals surface area contributed by atoms with Gasteiger partial charge in [0, 0.05) is 6.26 Å². The highest BCUT2D eigenvalue weighted by Gasteiger charge is 2.06. The van der Waals surface area contributed by atoms with E-state index in [9.17, 15) is 8.42 Å². The predicted octanol–water partition coefficient (Wildman–Crippen LogP) is 2.90. The molecule has 2 aromatic rings. The van der Waals surface area contributed by atoms with Gasteiger partial charge in [-0.3, -0.25) is 0 Å². The van der Waals surface area contributed by atoms with Crippen LogP contribution >= 0.6 is 11.6 Å². The fourth-order valence-corrected chi connectivity index (χ4v) is 2.38. The topological polar surface area (TPSA) is 69.4 Å². The molecule has 2 rings (SSSR count). The maximum Gasteiger partial charge on any atom is 0.175 e. The first-order chi connectivity index (χ1) is 9.36. The second kappa shape index (κ2) is 5.73. The van der Waals surface area contributed by atoms with Crippen LogP contribution in [-0.4, -0.2) is 14.7 Å². The molecule has 0 amide bonds. The summed E-state index contributed by atoms with van der Waals surface area (Å²) >= 11 is 5.84. The zero-order chi connectivity index (χ0) is 14.8. The summed E-state index contributed by atoms with van der Waals surface area (Å²) in [5.41, 5.74) is 7.09. The van der Waals surface area contributed by atoms with Gasteiger partial charge in [-0.1, -0.05) is 17.7 Å². The highest BCUT2D eigenvalue weighted by Crippen LogP contribution is 2.21. The molecule has 0 atom stereocenters. The molecule has 0 heterocycles. The molecule has 0 bridgehead atoms. The Kier molecular flexibility index (Phi) is 4.20. The van der Waals surface area contributed by atoms with Crippen LogP contribution in [0.2, 0.25) is 5.02 Å². The molecule has 0 aliphatic rings. The third-order valence-corrected chi connectivity index (χ3v) is 4.19. The van der Waals surface area contributed by atoms with Gasteiger partial charge in [0.1, 0.15) is 12.4 Å². The Morgan fingerprint density at radius 1 is 1.15 bits per heavy atom. The van der Waals surface area contributed by atoms with Gasteiger partial charge in [-0.05, 0) is 42.0 Å². The fourth-order valence-electron chi connectivity index (χ4n) is 1.63. The van der Waals surface area contributed by atoms with E-state index >= 15 is 0 Å². The molecule has 0 saturated carbocycles. The minimum absolute atomic E-state index is 0.264. The standard InChI is InChI=1S/C14H14ClNO3S/c1-20(17,18)12-5-3-11(4-6-12)19-9-10-2-7-13(15)14(16)8-10/h2-8H,9,16H2,1H3. The number of nitrogen functional groups attached to an aromatic ring is 1. The van der Waals surface area contributed by atoms with E-state index in [0.29, 0.717) is 23.1 Å². The number of anilines is 1. The maximum absolute atomic E-state index is 11.3. The average Bonchev–Trinajstić information content (AvgIpc) is 2.40. The molecule has 0 fully saturated rings. The average molecular weight is 312 g/mol. The minimum atomic E-state index is -3.18. The molecule has 0 aromatic heterocycles. The molecule has 2 N–H and O–H groups in total. The number of hydrogen-bond acceptors (Lipinski definition) is 4. The van der Waals surface area contributed by atoms with Crippen molar-refractivity contribution in [3.05, 3.63) is 53.1 Å². The summed E-state index contributed by atoms with van der Waals surface area (Å²) < 4.78 is 28.2.